The molecule has 0 saturated heterocycles. The molecule has 2 nitrogen and oxygen atoms in total. The lowest BCUT2D eigenvalue weighted by molar-refractivity contribution is 0.824. The van der Waals surface area contributed by atoms with Crippen molar-refractivity contribution in [1.29, 1.82) is 0 Å². The summed E-state index contributed by atoms with van der Waals surface area (Å²) in [5.74, 6) is 0. The number of rotatable bonds is 5. The quantitative estimate of drug-likeness (QED) is 0.724. The van der Waals surface area contributed by atoms with Crippen LogP contribution in [0, 0.1) is 0 Å². The first-order valence-electron chi connectivity index (χ1n) is 6.34. The van der Waals surface area contributed by atoms with E-state index in [0.717, 1.165) is 24.8 Å². The van der Waals surface area contributed by atoms with Gasteiger partial charge >= 0.3 is 0 Å². The van der Waals surface area contributed by atoms with E-state index in [9.17, 15) is 0 Å². The maximum atomic E-state index is 6.29. The monoisotopic (exact) mass is 294 g/mol. The number of nitrogens with zero attached hydrogens (tertiary/aromatic N) is 2. The Morgan fingerprint density at radius 2 is 2.21 bits per heavy atom. The molecule has 1 aromatic carbocycles. The van der Waals surface area contributed by atoms with Crippen LogP contribution in [0.15, 0.2) is 36.9 Å². The molecule has 0 aliphatic carbocycles. The average molecular weight is 295 g/mol. The van der Waals surface area contributed by atoms with Crippen molar-refractivity contribution in [3.05, 3.63) is 52.5 Å². The summed E-state index contributed by atoms with van der Waals surface area (Å²) in [5.41, 5.74) is 2.23. The Bertz CT molecular complexity index is 560. The fraction of sp³-hybridized carbons (Fsp3) is 0.267. The minimum atomic E-state index is 0.659. The zero-order chi connectivity index (χ0) is 13.7. The first-order chi connectivity index (χ1) is 9.20. The molecule has 0 fully saturated rings. The van der Waals surface area contributed by atoms with Crippen molar-refractivity contribution >= 4 is 35.0 Å². The smallest absolute Gasteiger partial charge is 0.0986 e. The first kappa shape index (κ1) is 14.2. The summed E-state index contributed by atoms with van der Waals surface area (Å²) in [7, 11) is 0. The van der Waals surface area contributed by atoms with Crippen molar-refractivity contribution in [1.82, 2.24) is 9.55 Å². The van der Waals surface area contributed by atoms with E-state index in [4.69, 9.17) is 23.2 Å². The molecular weight excluding hydrogens is 279 g/mol. The fourth-order valence-electron chi connectivity index (χ4n) is 1.91. The number of halogens is 2. The van der Waals surface area contributed by atoms with Crippen LogP contribution < -0.4 is 0 Å². The van der Waals surface area contributed by atoms with Crippen molar-refractivity contribution in [3.63, 3.8) is 0 Å². The van der Waals surface area contributed by atoms with Crippen LogP contribution in [0.25, 0.3) is 11.8 Å². The Morgan fingerprint density at radius 3 is 2.84 bits per heavy atom. The van der Waals surface area contributed by atoms with Gasteiger partial charge in [0.05, 0.1) is 6.33 Å². The minimum absolute atomic E-state index is 0.659. The zero-order valence-electron chi connectivity index (χ0n) is 10.8. The number of hydrogen-bond donors (Lipinski definition) is 0. The molecule has 19 heavy (non-hydrogen) atoms. The van der Waals surface area contributed by atoms with Crippen molar-refractivity contribution in [2.24, 2.45) is 0 Å². The van der Waals surface area contributed by atoms with Crippen LogP contribution in [0.2, 0.25) is 10.0 Å². The molecule has 2 aromatic rings. The Kier molecular flexibility index (Phi) is 5.06. The second kappa shape index (κ2) is 6.78. The van der Waals surface area contributed by atoms with Gasteiger partial charge in [0.15, 0.2) is 0 Å². The zero-order valence-corrected chi connectivity index (χ0v) is 12.3. The lowest BCUT2D eigenvalue weighted by atomic mass is 10.0. The molecule has 100 valence electrons. The summed E-state index contributed by atoms with van der Waals surface area (Å²) < 4.78 is 1.94. The summed E-state index contributed by atoms with van der Waals surface area (Å²) in [5, 5.41) is 1.35. The molecule has 1 aromatic heterocycles. The Hall–Kier alpha value is -1.25. The van der Waals surface area contributed by atoms with Crippen LogP contribution in [0.5, 0.6) is 0 Å². The molecule has 0 unspecified atom stereocenters. The highest BCUT2D eigenvalue weighted by atomic mass is 35.5. The van der Waals surface area contributed by atoms with Crippen molar-refractivity contribution in [2.45, 2.75) is 26.2 Å². The van der Waals surface area contributed by atoms with Gasteiger partial charge in [0.25, 0.3) is 0 Å². The summed E-state index contributed by atoms with van der Waals surface area (Å²) >= 11 is 12.2. The van der Waals surface area contributed by atoms with Gasteiger partial charge in [-0.3, -0.25) is 0 Å². The normalized spacial score (nSPS) is 11.8. The van der Waals surface area contributed by atoms with Gasteiger partial charge in [-0.15, -0.1) is 0 Å². The van der Waals surface area contributed by atoms with Gasteiger partial charge in [-0.2, -0.15) is 0 Å². The predicted octanol–water partition coefficient (Wildman–Crippen LogP) is 5.38. The Balaban J connectivity index is 2.36. The lowest BCUT2D eigenvalue weighted by Crippen LogP contribution is -1.91. The summed E-state index contributed by atoms with van der Waals surface area (Å²) in [6.07, 6.45) is 10.8. The van der Waals surface area contributed by atoms with Crippen LogP contribution >= 0.6 is 23.2 Å². The largest absolute Gasteiger partial charge is 0.313 e. The number of aromatic nitrogens is 2. The van der Waals surface area contributed by atoms with E-state index in [1.54, 1.807) is 18.6 Å². The van der Waals surface area contributed by atoms with E-state index in [2.05, 4.69) is 18.1 Å². The fourth-order valence-corrected chi connectivity index (χ4v) is 2.44. The number of allylic oxidation sites excluding steroid dienone is 1. The van der Waals surface area contributed by atoms with Crippen molar-refractivity contribution in [2.75, 3.05) is 0 Å². The molecule has 0 spiro atoms. The highest BCUT2D eigenvalue weighted by Gasteiger charge is 2.07. The maximum Gasteiger partial charge on any atom is 0.0986 e. The molecule has 0 radical (unpaired) electrons. The highest BCUT2D eigenvalue weighted by Crippen LogP contribution is 2.30. The summed E-state index contributed by atoms with van der Waals surface area (Å²) in [6.45, 7) is 2.18. The van der Waals surface area contributed by atoms with Gasteiger partial charge in [-0.05, 0) is 36.1 Å². The van der Waals surface area contributed by atoms with Crippen molar-refractivity contribution in [3.8, 4) is 0 Å². The average Bonchev–Trinajstić information content (AvgIpc) is 2.88. The van der Waals surface area contributed by atoms with E-state index < -0.39 is 0 Å². The van der Waals surface area contributed by atoms with Crippen LogP contribution in [-0.2, 0) is 0 Å². The molecule has 0 N–H and O–H groups in total. The van der Waals surface area contributed by atoms with E-state index in [1.165, 1.54) is 5.57 Å². The minimum Gasteiger partial charge on any atom is -0.313 e. The third-order valence-electron chi connectivity index (χ3n) is 2.91. The molecule has 0 bridgehead atoms. The highest BCUT2D eigenvalue weighted by molar-refractivity contribution is 6.35. The van der Waals surface area contributed by atoms with Crippen LogP contribution in [0.3, 0.4) is 0 Å². The Labute approximate surface area is 123 Å². The van der Waals surface area contributed by atoms with Gasteiger partial charge in [-0.1, -0.05) is 42.6 Å². The number of benzene rings is 1. The molecule has 0 aliphatic heterocycles. The SMILES string of the molecule is CCCC/C(=C\n1ccnc1)c1ccc(Cl)cc1Cl. The van der Waals surface area contributed by atoms with Crippen molar-refractivity contribution < 1.29 is 0 Å². The van der Waals surface area contributed by atoms with Gasteiger partial charge in [0.1, 0.15) is 0 Å². The Morgan fingerprint density at radius 1 is 1.37 bits per heavy atom. The molecular formula is C15H16Cl2N2. The summed E-state index contributed by atoms with van der Waals surface area (Å²) in [6, 6.07) is 5.63. The standard InChI is InChI=1S/C15H16Cl2N2/c1-2-3-4-12(10-19-8-7-18-11-19)14-6-5-13(16)9-15(14)17/h5-11H,2-4H2,1H3/b12-10+. The molecule has 0 amide bonds. The van der Waals surface area contributed by atoms with Crippen LogP contribution in [0.4, 0.5) is 0 Å². The predicted molar refractivity (Wildman–Crippen MR) is 82.4 cm³/mol. The van der Waals surface area contributed by atoms with E-state index in [1.807, 2.05) is 22.9 Å². The third kappa shape index (κ3) is 3.85. The molecule has 4 heteroatoms. The molecule has 0 atom stereocenters. The molecule has 0 saturated carbocycles. The number of unbranched alkanes of at least 4 members (excludes halogenated alkanes) is 1. The molecule has 1 heterocycles. The lowest BCUT2D eigenvalue weighted by Gasteiger charge is -2.10. The maximum absolute atomic E-state index is 6.29. The third-order valence-corrected chi connectivity index (χ3v) is 3.45. The topological polar surface area (TPSA) is 17.8 Å². The van der Waals surface area contributed by atoms with Gasteiger partial charge in [0.2, 0.25) is 0 Å². The molecule has 2 rings (SSSR count). The van der Waals surface area contributed by atoms with Crippen LogP contribution in [0.1, 0.15) is 31.7 Å². The van der Waals surface area contributed by atoms with Gasteiger partial charge in [0, 0.05) is 28.6 Å². The van der Waals surface area contributed by atoms with E-state index >= 15 is 0 Å². The summed E-state index contributed by atoms with van der Waals surface area (Å²) in [4.78, 5) is 4.05. The second-order valence-corrected chi connectivity index (χ2v) is 5.24. The number of hydrogen-bond acceptors (Lipinski definition) is 1. The second-order valence-electron chi connectivity index (χ2n) is 4.39. The first-order valence-corrected chi connectivity index (χ1v) is 7.10. The molecule has 0 aliphatic rings. The van der Waals surface area contributed by atoms with Crippen LogP contribution in [-0.4, -0.2) is 9.55 Å². The van der Waals surface area contributed by atoms with Gasteiger partial charge < -0.3 is 4.57 Å². The number of imidazole rings is 1. The van der Waals surface area contributed by atoms with Gasteiger partial charge in [-0.25, -0.2) is 4.98 Å². The van der Waals surface area contributed by atoms with E-state index in [-0.39, 0.29) is 0 Å². The van der Waals surface area contributed by atoms with E-state index in [0.29, 0.717) is 10.0 Å².